The molecule has 6 nitrogen and oxygen atoms in total. The van der Waals surface area contributed by atoms with E-state index in [9.17, 15) is 18.8 Å². The number of carbonyl (C=O) groups excluding carboxylic acids is 3. The molecule has 25 heavy (non-hydrogen) atoms. The topological polar surface area (TPSA) is 87.3 Å². The minimum absolute atomic E-state index is 0.142. The molecule has 2 aromatic carbocycles. The first kappa shape index (κ1) is 17.1. The third-order valence-corrected chi connectivity index (χ3v) is 4.61. The number of rotatable bonds is 3. The molecule has 1 heterocycles. The van der Waals surface area contributed by atoms with Gasteiger partial charge in [0.15, 0.2) is 0 Å². The van der Waals surface area contributed by atoms with Crippen molar-refractivity contribution in [3.8, 4) is 0 Å². The summed E-state index contributed by atoms with van der Waals surface area (Å²) in [5.74, 6) is -1.51. The maximum Gasteiger partial charge on any atom is 0.322 e. The molecule has 4 amide bonds. The summed E-state index contributed by atoms with van der Waals surface area (Å²) in [5.41, 5.74) is -0.165. The Morgan fingerprint density at radius 2 is 1.96 bits per heavy atom. The molecule has 3 rings (SSSR count). The second-order valence-corrected chi connectivity index (χ2v) is 6.55. The van der Waals surface area contributed by atoms with Crippen molar-refractivity contribution in [2.24, 2.45) is 0 Å². The molecule has 1 aliphatic heterocycles. The van der Waals surface area contributed by atoms with E-state index in [1.807, 2.05) is 0 Å². The number of carbonyl (C=O) groups is 3. The number of halogens is 2. The molecule has 1 saturated heterocycles. The van der Waals surface area contributed by atoms with Crippen LogP contribution in [0.1, 0.15) is 22.8 Å². The Morgan fingerprint density at radius 1 is 1.20 bits per heavy atom. The largest absolute Gasteiger partial charge is 0.322 e. The Labute approximate surface area is 150 Å². The van der Waals surface area contributed by atoms with Crippen molar-refractivity contribution in [1.82, 2.24) is 10.6 Å². The summed E-state index contributed by atoms with van der Waals surface area (Å²) in [5, 5.41) is 7.39. The Hall–Kier alpha value is -2.74. The van der Waals surface area contributed by atoms with Gasteiger partial charge in [0, 0.05) is 10.2 Å². The molecular formula is C17H13BrFN3O3. The lowest BCUT2D eigenvalue weighted by Crippen LogP contribution is -2.40. The monoisotopic (exact) mass is 405 g/mol. The predicted molar refractivity (Wildman–Crippen MR) is 92.5 cm³/mol. The summed E-state index contributed by atoms with van der Waals surface area (Å²) >= 11 is 3.21. The summed E-state index contributed by atoms with van der Waals surface area (Å²) in [7, 11) is 0. The summed E-state index contributed by atoms with van der Waals surface area (Å²) in [6.45, 7) is 1.57. The molecular weight excluding hydrogens is 393 g/mol. The van der Waals surface area contributed by atoms with E-state index in [0.29, 0.717) is 15.7 Å². The van der Waals surface area contributed by atoms with Crippen molar-refractivity contribution in [2.45, 2.75) is 12.5 Å². The van der Waals surface area contributed by atoms with Gasteiger partial charge in [0.05, 0.1) is 5.56 Å². The third kappa shape index (κ3) is 3.25. The summed E-state index contributed by atoms with van der Waals surface area (Å²) < 4.78 is 13.8. The minimum Gasteiger partial charge on any atom is -0.322 e. The van der Waals surface area contributed by atoms with Crippen LogP contribution in [0.15, 0.2) is 46.9 Å². The summed E-state index contributed by atoms with van der Waals surface area (Å²) in [6.07, 6.45) is 0. The van der Waals surface area contributed by atoms with Crippen LogP contribution in [0.2, 0.25) is 0 Å². The number of imide groups is 1. The van der Waals surface area contributed by atoms with Crippen molar-refractivity contribution in [2.75, 3.05) is 5.32 Å². The van der Waals surface area contributed by atoms with Crippen LogP contribution in [0.25, 0.3) is 0 Å². The van der Waals surface area contributed by atoms with Crippen LogP contribution < -0.4 is 16.0 Å². The zero-order chi connectivity index (χ0) is 18.2. The second-order valence-electron chi connectivity index (χ2n) is 5.69. The van der Waals surface area contributed by atoms with E-state index in [2.05, 4.69) is 31.9 Å². The zero-order valence-corrected chi connectivity index (χ0v) is 14.6. The number of urea groups is 1. The molecule has 128 valence electrons. The van der Waals surface area contributed by atoms with Gasteiger partial charge in [-0.05, 0) is 58.7 Å². The number of nitrogens with one attached hydrogen (secondary N) is 3. The molecule has 0 bridgehead atoms. The number of hydrogen-bond donors (Lipinski definition) is 3. The summed E-state index contributed by atoms with van der Waals surface area (Å²) in [6, 6.07) is 9.75. The van der Waals surface area contributed by atoms with Gasteiger partial charge in [-0.1, -0.05) is 12.1 Å². The SMILES string of the molecule is C[C@@]1(c2cccc(NC(=O)c3cc(F)ccc3Br)c2)NC(=O)NC1=O. The van der Waals surface area contributed by atoms with Crippen LogP contribution in [-0.4, -0.2) is 17.8 Å². The molecule has 0 unspecified atom stereocenters. The molecule has 0 aromatic heterocycles. The lowest BCUT2D eigenvalue weighted by Gasteiger charge is -2.21. The van der Waals surface area contributed by atoms with Gasteiger partial charge < -0.3 is 10.6 Å². The van der Waals surface area contributed by atoms with E-state index in [0.717, 1.165) is 6.07 Å². The Morgan fingerprint density at radius 3 is 2.64 bits per heavy atom. The molecule has 3 N–H and O–H groups in total. The van der Waals surface area contributed by atoms with Crippen LogP contribution in [0.4, 0.5) is 14.9 Å². The van der Waals surface area contributed by atoms with Crippen LogP contribution in [0, 0.1) is 5.82 Å². The van der Waals surface area contributed by atoms with Crippen LogP contribution in [0.3, 0.4) is 0 Å². The Balaban J connectivity index is 1.87. The number of benzene rings is 2. The second kappa shape index (κ2) is 6.29. The van der Waals surface area contributed by atoms with Crippen LogP contribution >= 0.6 is 15.9 Å². The van der Waals surface area contributed by atoms with Crippen molar-refractivity contribution in [3.63, 3.8) is 0 Å². The fourth-order valence-corrected chi connectivity index (χ4v) is 2.95. The molecule has 1 fully saturated rings. The van der Waals surface area contributed by atoms with Gasteiger partial charge in [-0.25, -0.2) is 9.18 Å². The standard InChI is InChI=1S/C17H13BrFN3O3/c1-17(15(24)21-16(25)22-17)9-3-2-4-11(7-9)20-14(23)12-8-10(19)5-6-13(12)18/h2-8H,1H3,(H,20,23)(H2,21,22,24,25)/t17-/m0/s1. The fourth-order valence-electron chi connectivity index (χ4n) is 2.52. The fraction of sp³-hybridized carbons (Fsp3) is 0.118. The van der Waals surface area contributed by atoms with E-state index in [1.165, 1.54) is 12.1 Å². The van der Waals surface area contributed by atoms with Crippen LogP contribution in [0.5, 0.6) is 0 Å². The third-order valence-electron chi connectivity index (χ3n) is 3.92. The van der Waals surface area contributed by atoms with E-state index < -0.39 is 29.2 Å². The number of anilines is 1. The van der Waals surface area contributed by atoms with E-state index in [-0.39, 0.29) is 5.56 Å². The van der Waals surface area contributed by atoms with E-state index in [4.69, 9.17) is 0 Å². The Bertz CT molecular complexity index is 902. The molecule has 1 atom stereocenters. The van der Waals surface area contributed by atoms with Crippen LogP contribution in [-0.2, 0) is 10.3 Å². The van der Waals surface area contributed by atoms with Crippen molar-refractivity contribution in [1.29, 1.82) is 0 Å². The quantitative estimate of drug-likeness (QED) is 0.686. The average molecular weight is 406 g/mol. The molecule has 1 aliphatic rings. The van der Waals surface area contributed by atoms with Crippen molar-refractivity contribution in [3.05, 3.63) is 63.9 Å². The molecule has 0 saturated carbocycles. The zero-order valence-electron chi connectivity index (χ0n) is 13.0. The first-order valence-electron chi connectivity index (χ1n) is 7.30. The van der Waals surface area contributed by atoms with Gasteiger partial charge in [0.2, 0.25) is 0 Å². The van der Waals surface area contributed by atoms with E-state index in [1.54, 1.807) is 31.2 Å². The molecule has 8 heteroatoms. The summed E-state index contributed by atoms with van der Waals surface area (Å²) in [4.78, 5) is 35.8. The van der Waals surface area contributed by atoms with Gasteiger partial charge >= 0.3 is 6.03 Å². The number of amides is 4. The first-order chi connectivity index (χ1) is 11.8. The highest BCUT2D eigenvalue weighted by Crippen LogP contribution is 2.27. The highest BCUT2D eigenvalue weighted by molar-refractivity contribution is 9.10. The average Bonchev–Trinajstić information content (AvgIpc) is 2.83. The van der Waals surface area contributed by atoms with Gasteiger partial charge in [0.25, 0.3) is 11.8 Å². The van der Waals surface area contributed by atoms with Crippen molar-refractivity contribution < 1.29 is 18.8 Å². The lowest BCUT2D eigenvalue weighted by atomic mass is 9.92. The number of hydrogen-bond acceptors (Lipinski definition) is 3. The normalized spacial score (nSPS) is 19.3. The highest BCUT2D eigenvalue weighted by Gasteiger charge is 2.43. The first-order valence-corrected chi connectivity index (χ1v) is 8.09. The predicted octanol–water partition coefficient (Wildman–Crippen LogP) is 2.90. The molecule has 0 radical (unpaired) electrons. The smallest absolute Gasteiger partial charge is 0.322 e. The van der Waals surface area contributed by atoms with Gasteiger partial charge in [-0.15, -0.1) is 0 Å². The Kier molecular flexibility index (Phi) is 4.30. The molecule has 0 spiro atoms. The lowest BCUT2D eigenvalue weighted by molar-refractivity contribution is -0.123. The molecule has 2 aromatic rings. The van der Waals surface area contributed by atoms with Gasteiger partial charge in [0.1, 0.15) is 11.4 Å². The minimum atomic E-state index is -1.22. The molecule has 0 aliphatic carbocycles. The van der Waals surface area contributed by atoms with Gasteiger partial charge in [-0.2, -0.15) is 0 Å². The maximum atomic E-state index is 13.4. The van der Waals surface area contributed by atoms with Crippen molar-refractivity contribution >= 4 is 39.5 Å². The highest BCUT2D eigenvalue weighted by atomic mass is 79.9. The van der Waals surface area contributed by atoms with E-state index >= 15 is 0 Å². The maximum absolute atomic E-state index is 13.4. The van der Waals surface area contributed by atoms with Gasteiger partial charge in [-0.3, -0.25) is 14.9 Å².